The maximum Gasteiger partial charge on any atom is 0.274 e. The average Bonchev–Trinajstić information content (AvgIpc) is 2.79. The van der Waals surface area contributed by atoms with Crippen LogP contribution in [0.1, 0.15) is 17.5 Å². The summed E-state index contributed by atoms with van der Waals surface area (Å²) < 4.78 is 28.2. The van der Waals surface area contributed by atoms with E-state index in [1.54, 1.807) is 12.1 Å². The van der Waals surface area contributed by atoms with Crippen molar-refractivity contribution in [2.45, 2.75) is 24.0 Å². The van der Waals surface area contributed by atoms with Crippen molar-refractivity contribution in [1.29, 1.82) is 0 Å². The first-order chi connectivity index (χ1) is 9.91. The molecule has 0 bridgehead atoms. The van der Waals surface area contributed by atoms with Gasteiger partial charge in [0.25, 0.3) is 10.0 Å². The van der Waals surface area contributed by atoms with Gasteiger partial charge >= 0.3 is 0 Å². The van der Waals surface area contributed by atoms with Gasteiger partial charge in [-0.3, -0.25) is 4.31 Å². The number of anilines is 1. The highest BCUT2D eigenvalue weighted by Crippen LogP contribution is 2.40. The number of phenols is 1. The van der Waals surface area contributed by atoms with E-state index in [4.69, 9.17) is 0 Å². The highest BCUT2D eigenvalue weighted by molar-refractivity contribution is 9.11. The Balaban J connectivity index is 2.14. The Morgan fingerprint density at radius 3 is 2.81 bits per heavy atom. The second-order valence-electron chi connectivity index (χ2n) is 4.99. The van der Waals surface area contributed by atoms with Crippen LogP contribution < -0.4 is 4.31 Å². The maximum atomic E-state index is 12.9. The van der Waals surface area contributed by atoms with E-state index < -0.39 is 10.0 Å². The lowest BCUT2D eigenvalue weighted by atomic mass is 10.0. The molecule has 0 saturated heterocycles. The third-order valence-corrected chi connectivity index (χ3v) is 7.92. The first-order valence-electron chi connectivity index (χ1n) is 6.51. The van der Waals surface area contributed by atoms with E-state index in [1.165, 1.54) is 21.7 Å². The van der Waals surface area contributed by atoms with Crippen LogP contribution in [0, 0.1) is 6.92 Å². The third-order valence-electron chi connectivity index (χ3n) is 3.53. The normalized spacial score (nSPS) is 15.0. The first-order valence-corrected chi connectivity index (χ1v) is 9.56. The van der Waals surface area contributed by atoms with Crippen molar-refractivity contribution < 1.29 is 13.5 Å². The zero-order valence-corrected chi connectivity index (χ0v) is 14.6. The lowest BCUT2D eigenvalue weighted by Gasteiger charge is -2.30. The van der Waals surface area contributed by atoms with Gasteiger partial charge in [0.2, 0.25) is 0 Å². The van der Waals surface area contributed by atoms with E-state index in [-0.39, 0.29) is 5.75 Å². The van der Waals surface area contributed by atoms with E-state index in [1.807, 2.05) is 13.0 Å². The molecule has 0 atom stereocenters. The van der Waals surface area contributed by atoms with Crippen LogP contribution in [0.5, 0.6) is 5.75 Å². The molecule has 0 radical (unpaired) electrons. The lowest BCUT2D eigenvalue weighted by molar-refractivity contribution is 0.473. The third kappa shape index (κ3) is 2.47. The van der Waals surface area contributed by atoms with Crippen LogP contribution in [0.3, 0.4) is 0 Å². The molecule has 0 amide bonds. The molecule has 112 valence electrons. The van der Waals surface area contributed by atoms with Gasteiger partial charge in [0.1, 0.15) is 9.96 Å². The SMILES string of the molecule is Cc1cc(S(=O)(=O)N2CCCc3cccc(O)c32)sc1Br. The summed E-state index contributed by atoms with van der Waals surface area (Å²) in [6.07, 6.45) is 1.53. The number of hydrogen-bond donors (Lipinski definition) is 1. The Kier molecular flexibility index (Phi) is 3.75. The predicted molar refractivity (Wildman–Crippen MR) is 87.7 cm³/mol. The van der Waals surface area contributed by atoms with Crippen LogP contribution >= 0.6 is 27.3 Å². The van der Waals surface area contributed by atoms with Crippen LogP contribution in [0.4, 0.5) is 5.69 Å². The van der Waals surface area contributed by atoms with Gasteiger partial charge < -0.3 is 5.11 Å². The minimum Gasteiger partial charge on any atom is -0.506 e. The monoisotopic (exact) mass is 387 g/mol. The summed E-state index contributed by atoms with van der Waals surface area (Å²) in [7, 11) is -3.64. The van der Waals surface area contributed by atoms with Crippen molar-refractivity contribution in [3.8, 4) is 5.75 Å². The van der Waals surface area contributed by atoms with Crippen LogP contribution in [-0.2, 0) is 16.4 Å². The molecule has 3 rings (SSSR count). The number of fused-ring (bicyclic) bond motifs is 1. The Morgan fingerprint density at radius 2 is 2.14 bits per heavy atom. The number of nitrogens with zero attached hydrogens (tertiary/aromatic N) is 1. The van der Waals surface area contributed by atoms with Gasteiger partial charge in [-0.2, -0.15) is 0 Å². The molecule has 1 aliphatic heterocycles. The molecule has 2 heterocycles. The lowest BCUT2D eigenvalue weighted by Crippen LogP contribution is -2.35. The van der Waals surface area contributed by atoms with Gasteiger partial charge in [-0.1, -0.05) is 12.1 Å². The molecule has 0 fully saturated rings. The number of halogens is 1. The fourth-order valence-electron chi connectivity index (χ4n) is 2.50. The molecule has 1 aromatic carbocycles. The van der Waals surface area contributed by atoms with Crippen molar-refractivity contribution in [3.63, 3.8) is 0 Å². The number of rotatable bonds is 2. The molecule has 1 aromatic heterocycles. The summed E-state index contributed by atoms with van der Waals surface area (Å²) in [5, 5.41) is 10.1. The number of phenolic OH excluding ortho intramolecular Hbond substituents is 1. The van der Waals surface area contributed by atoms with Gasteiger partial charge in [-0.25, -0.2) is 8.42 Å². The summed E-state index contributed by atoms with van der Waals surface area (Å²) in [6, 6.07) is 6.81. The van der Waals surface area contributed by atoms with E-state index >= 15 is 0 Å². The summed E-state index contributed by atoms with van der Waals surface area (Å²) in [6.45, 7) is 2.25. The predicted octanol–water partition coefficient (Wildman–Crippen LogP) is 3.67. The molecular weight excluding hydrogens is 374 g/mol. The molecule has 1 N–H and O–H groups in total. The molecular formula is C14H14BrNO3S2. The number of para-hydroxylation sites is 1. The second-order valence-corrected chi connectivity index (χ2v) is 9.45. The van der Waals surface area contributed by atoms with Crippen molar-refractivity contribution in [2.75, 3.05) is 10.8 Å². The molecule has 0 aliphatic carbocycles. The Bertz CT molecular complexity index is 779. The summed E-state index contributed by atoms with van der Waals surface area (Å²) in [4.78, 5) is 0. The van der Waals surface area contributed by atoms with Gasteiger partial charge in [-0.05, 0) is 59.0 Å². The standard InChI is InChI=1S/C14H14BrNO3S2/c1-9-8-12(20-14(9)15)21(18,19)16-7-3-5-10-4-2-6-11(17)13(10)16/h2,4,6,8,17H,3,5,7H2,1H3. The Hall–Kier alpha value is -1.05. The summed E-state index contributed by atoms with van der Waals surface area (Å²) >= 11 is 4.57. The molecule has 0 saturated carbocycles. The van der Waals surface area contributed by atoms with E-state index in [2.05, 4.69) is 15.9 Å². The highest BCUT2D eigenvalue weighted by Gasteiger charge is 2.32. The number of aromatic hydroxyl groups is 1. The number of sulfonamides is 1. The maximum absolute atomic E-state index is 12.9. The largest absolute Gasteiger partial charge is 0.506 e. The summed E-state index contributed by atoms with van der Waals surface area (Å²) in [5.41, 5.74) is 2.19. The molecule has 7 heteroatoms. The Labute approximate surface area is 136 Å². The fourth-order valence-corrected chi connectivity index (χ4v) is 6.40. The molecule has 1 aliphatic rings. The van der Waals surface area contributed by atoms with E-state index in [0.29, 0.717) is 16.4 Å². The van der Waals surface area contributed by atoms with Crippen molar-refractivity contribution in [1.82, 2.24) is 0 Å². The van der Waals surface area contributed by atoms with Crippen LogP contribution in [0.15, 0.2) is 32.3 Å². The molecule has 0 unspecified atom stereocenters. The fraction of sp³-hybridized carbons (Fsp3) is 0.286. The van der Waals surface area contributed by atoms with Crippen molar-refractivity contribution in [2.24, 2.45) is 0 Å². The van der Waals surface area contributed by atoms with Gasteiger partial charge in [0.15, 0.2) is 0 Å². The van der Waals surface area contributed by atoms with Crippen LogP contribution in [0.2, 0.25) is 0 Å². The van der Waals surface area contributed by atoms with E-state index in [0.717, 1.165) is 27.8 Å². The molecule has 4 nitrogen and oxygen atoms in total. The van der Waals surface area contributed by atoms with Gasteiger partial charge in [-0.15, -0.1) is 11.3 Å². The smallest absolute Gasteiger partial charge is 0.274 e. The number of hydrogen-bond acceptors (Lipinski definition) is 4. The minimum absolute atomic E-state index is 0.0168. The number of aryl methyl sites for hydroxylation is 2. The quantitative estimate of drug-likeness (QED) is 0.854. The molecule has 0 spiro atoms. The zero-order valence-electron chi connectivity index (χ0n) is 11.3. The van der Waals surface area contributed by atoms with E-state index in [9.17, 15) is 13.5 Å². The van der Waals surface area contributed by atoms with Gasteiger partial charge in [0.05, 0.1) is 9.47 Å². The zero-order chi connectivity index (χ0) is 15.2. The van der Waals surface area contributed by atoms with Gasteiger partial charge in [0, 0.05) is 6.54 Å². The van der Waals surface area contributed by atoms with Crippen molar-refractivity contribution in [3.05, 3.63) is 39.2 Å². The minimum atomic E-state index is -3.64. The molecule has 21 heavy (non-hydrogen) atoms. The van der Waals surface area contributed by atoms with Crippen LogP contribution in [0.25, 0.3) is 0 Å². The van der Waals surface area contributed by atoms with Crippen molar-refractivity contribution >= 4 is 43.0 Å². The Morgan fingerprint density at radius 1 is 1.38 bits per heavy atom. The molecule has 2 aromatic rings. The average molecular weight is 388 g/mol. The topological polar surface area (TPSA) is 57.6 Å². The highest BCUT2D eigenvalue weighted by atomic mass is 79.9. The first kappa shape index (κ1) is 14.9. The number of benzene rings is 1. The van der Waals surface area contributed by atoms with Crippen LogP contribution in [-0.4, -0.2) is 20.1 Å². The number of thiophene rings is 1. The summed E-state index contributed by atoms with van der Waals surface area (Å²) in [5.74, 6) is 0.0168. The second kappa shape index (κ2) is 5.30.